The molecule has 0 aliphatic carbocycles. The summed E-state index contributed by atoms with van der Waals surface area (Å²) in [6.07, 6.45) is 2.89. The number of nitrogens with one attached hydrogen (secondary N) is 1. The molecule has 1 aliphatic rings. The van der Waals surface area contributed by atoms with E-state index < -0.39 is 0 Å². The lowest BCUT2D eigenvalue weighted by atomic mass is 9.92. The summed E-state index contributed by atoms with van der Waals surface area (Å²) in [4.78, 5) is 11.0. The minimum atomic E-state index is 0.686. The number of anilines is 2. The quantitative estimate of drug-likeness (QED) is 0.905. The third-order valence-corrected chi connectivity index (χ3v) is 3.50. The number of hydrogen-bond donors (Lipinski definition) is 1. The van der Waals surface area contributed by atoms with Crippen molar-refractivity contribution in [3.8, 4) is 5.75 Å². The third-order valence-electron chi connectivity index (χ3n) is 3.50. The molecule has 1 fully saturated rings. The van der Waals surface area contributed by atoms with Gasteiger partial charge in [-0.1, -0.05) is 13.8 Å². The van der Waals surface area contributed by atoms with Gasteiger partial charge in [0.1, 0.15) is 6.33 Å². The summed E-state index contributed by atoms with van der Waals surface area (Å²) < 4.78 is 5.52. The Bertz CT molecular complexity index is 414. The molecule has 2 unspecified atom stereocenters. The highest BCUT2D eigenvalue weighted by Gasteiger charge is 2.26. The van der Waals surface area contributed by atoms with Crippen molar-refractivity contribution in [1.82, 2.24) is 9.97 Å². The minimum Gasteiger partial charge on any atom is -0.490 e. The number of piperidine rings is 1. The van der Waals surface area contributed by atoms with Gasteiger partial charge in [0.05, 0.1) is 7.11 Å². The van der Waals surface area contributed by atoms with Gasteiger partial charge in [0.2, 0.25) is 5.75 Å². The van der Waals surface area contributed by atoms with Crippen molar-refractivity contribution in [2.75, 3.05) is 37.0 Å². The minimum absolute atomic E-state index is 0.686. The molecule has 1 aromatic rings. The number of nitrogens with zero attached hydrogens (tertiary/aromatic N) is 3. The zero-order valence-electron chi connectivity index (χ0n) is 12.3. The van der Waals surface area contributed by atoms with Crippen molar-refractivity contribution in [1.29, 1.82) is 0 Å². The van der Waals surface area contributed by atoms with Crippen LogP contribution in [0.25, 0.3) is 0 Å². The van der Waals surface area contributed by atoms with Crippen molar-refractivity contribution in [2.24, 2.45) is 11.8 Å². The Labute approximate surface area is 115 Å². The van der Waals surface area contributed by atoms with E-state index in [2.05, 4.69) is 34.0 Å². The maximum atomic E-state index is 5.52. The standard InChI is InChI=1S/C14H24N4O/c1-5-15-13-12(19-4)14(17-9-16-13)18-7-10(2)6-11(3)8-18/h9-11H,5-8H2,1-4H3,(H,15,16,17). The van der Waals surface area contributed by atoms with Gasteiger partial charge in [-0.2, -0.15) is 0 Å². The second-order valence-corrected chi connectivity index (χ2v) is 5.46. The molecule has 0 aromatic carbocycles. The Morgan fingerprint density at radius 2 is 2.00 bits per heavy atom. The summed E-state index contributed by atoms with van der Waals surface area (Å²) in [5.41, 5.74) is 0. The Kier molecular flexibility index (Phi) is 4.45. The molecule has 106 valence electrons. The molecule has 1 aliphatic heterocycles. The molecule has 1 aromatic heterocycles. The van der Waals surface area contributed by atoms with E-state index in [1.54, 1.807) is 13.4 Å². The van der Waals surface area contributed by atoms with Gasteiger partial charge < -0.3 is 15.0 Å². The molecule has 2 heterocycles. The largest absolute Gasteiger partial charge is 0.490 e. The van der Waals surface area contributed by atoms with Gasteiger partial charge in [0, 0.05) is 19.6 Å². The highest BCUT2D eigenvalue weighted by atomic mass is 16.5. The number of aromatic nitrogens is 2. The van der Waals surface area contributed by atoms with E-state index in [4.69, 9.17) is 4.74 Å². The topological polar surface area (TPSA) is 50.3 Å². The van der Waals surface area contributed by atoms with Crippen molar-refractivity contribution in [2.45, 2.75) is 27.2 Å². The normalized spacial score (nSPS) is 23.3. The van der Waals surface area contributed by atoms with Crippen LogP contribution in [0, 0.1) is 11.8 Å². The second-order valence-electron chi connectivity index (χ2n) is 5.46. The van der Waals surface area contributed by atoms with Gasteiger partial charge in [-0.05, 0) is 25.2 Å². The van der Waals surface area contributed by atoms with E-state index in [0.717, 1.165) is 37.0 Å². The van der Waals surface area contributed by atoms with Crippen LogP contribution >= 0.6 is 0 Å². The summed E-state index contributed by atoms with van der Waals surface area (Å²) in [7, 11) is 1.68. The highest BCUT2D eigenvalue weighted by molar-refractivity contribution is 5.64. The number of methoxy groups -OCH3 is 1. The molecule has 1 N–H and O–H groups in total. The molecule has 0 amide bonds. The van der Waals surface area contributed by atoms with Crippen molar-refractivity contribution in [3.63, 3.8) is 0 Å². The fourth-order valence-corrected chi connectivity index (χ4v) is 2.91. The first-order valence-electron chi connectivity index (χ1n) is 7.03. The predicted molar refractivity (Wildman–Crippen MR) is 77.9 cm³/mol. The summed E-state index contributed by atoms with van der Waals surface area (Å²) in [6, 6.07) is 0. The zero-order valence-corrected chi connectivity index (χ0v) is 12.3. The van der Waals surface area contributed by atoms with E-state index in [1.807, 2.05) is 6.92 Å². The fourth-order valence-electron chi connectivity index (χ4n) is 2.91. The van der Waals surface area contributed by atoms with Crippen LogP contribution in [0.2, 0.25) is 0 Å². The van der Waals surface area contributed by atoms with Crippen LogP contribution < -0.4 is 15.0 Å². The number of ether oxygens (including phenoxy) is 1. The summed E-state index contributed by atoms with van der Waals surface area (Å²) in [5, 5.41) is 3.23. The van der Waals surface area contributed by atoms with E-state index >= 15 is 0 Å². The Hall–Kier alpha value is -1.52. The van der Waals surface area contributed by atoms with Gasteiger partial charge in [0.15, 0.2) is 11.6 Å². The summed E-state index contributed by atoms with van der Waals surface area (Å²) >= 11 is 0. The van der Waals surface area contributed by atoms with Crippen molar-refractivity contribution >= 4 is 11.6 Å². The Balaban J connectivity index is 2.30. The molecular weight excluding hydrogens is 240 g/mol. The number of rotatable bonds is 4. The molecule has 0 spiro atoms. The monoisotopic (exact) mass is 264 g/mol. The van der Waals surface area contributed by atoms with Gasteiger partial charge in [0.25, 0.3) is 0 Å². The van der Waals surface area contributed by atoms with E-state index in [9.17, 15) is 0 Å². The van der Waals surface area contributed by atoms with Crippen LogP contribution in [0.5, 0.6) is 5.75 Å². The summed E-state index contributed by atoms with van der Waals surface area (Å²) in [5.74, 6) is 3.82. The first-order chi connectivity index (χ1) is 9.15. The molecule has 0 bridgehead atoms. The summed E-state index contributed by atoms with van der Waals surface area (Å²) in [6.45, 7) is 9.52. The molecule has 19 heavy (non-hydrogen) atoms. The van der Waals surface area contributed by atoms with Crippen molar-refractivity contribution < 1.29 is 4.74 Å². The average Bonchev–Trinajstić information content (AvgIpc) is 2.37. The smallest absolute Gasteiger partial charge is 0.204 e. The van der Waals surface area contributed by atoms with Gasteiger partial charge in [-0.15, -0.1) is 0 Å². The molecule has 1 saturated heterocycles. The van der Waals surface area contributed by atoms with Crippen LogP contribution in [0.3, 0.4) is 0 Å². The van der Waals surface area contributed by atoms with Crippen LogP contribution in [-0.2, 0) is 0 Å². The van der Waals surface area contributed by atoms with Crippen LogP contribution in [-0.4, -0.2) is 36.7 Å². The van der Waals surface area contributed by atoms with Crippen LogP contribution in [0.4, 0.5) is 11.6 Å². The van der Waals surface area contributed by atoms with Crippen molar-refractivity contribution in [3.05, 3.63) is 6.33 Å². The molecule has 0 radical (unpaired) electrons. The molecule has 0 saturated carbocycles. The number of hydrogen-bond acceptors (Lipinski definition) is 5. The highest BCUT2D eigenvalue weighted by Crippen LogP contribution is 2.35. The first-order valence-corrected chi connectivity index (χ1v) is 7.03. The average molecular weight is 264 g/mol. The fraction of sp³-hybridized carbons (Fsp3) is 0.714. The van der Waals surface area contributed by atoms with Gasteiger partial charge >= 0.3 is 0 Å². The van der Waals surface area contributed by atoms with E-state index in [1.165, 1.54) is 6.42 Å². The maximum Gasteiger partial charge on any atom is 0.204 e. The molecule has 5 nitrogen and oxygen atoms in total. The lowest BCUT2D eigenvalue weighted by Gasteiger charge is -2.36. The first kappa shape index (κ1) is 13.9. The molecule has 5 heteroatoms. The SMILES string of the molecule is CCNc1ncnc(N2CC(C)CC(C)C2)c1OC. The van der Waals surface area contributed by atoms with E-state index in [0.29, 0.717) is 11.8 Å². The van der Waals surface area contributed by atoms with Crippen LogP contribution in [0.15, 0.2) is 6.33 Å². The maximum absolute atomic E-state index is 5.52. The van der Waals surface area contributed by atoms with E-state index in [-0.39, 0.29) is 0 Å². The third kappa shape index (κ3) is 3.08. The Morgan fingerprint density at radius 3 is 2.58 bits per heavy atom. The Morgan fingerprint density at radius 1 is 1.32 bits per heavy atom. The second kappa shape index (κ2) is 6.08. The zero-order chi connectivity index (χ0) is 13.8. The molecular formula is C14H24N4O. The molecule has 2 rings (SSSR count). The van der Waals surface area contributed by atoms with Gasteiger partial charge in [-0.25, -0.2) is 9.97 Å². The van der Waals surface area contributed by atoms with Crippen LogP contribution in [0.1, 0.15) is 27.2 Å². The lowest BCUT2D eigenvalue weighted by Crippen LogP contribution is -2.39. The molecule has 2 atom stereocenters. The van der Waals surface area contributed by atoms with Gasteiger partial charge in [-0.3, -0.25) is 0 Å². The predicted octanol–water partition coefficient (Wildman–Crippen LogP) is 2.40. The lowest BCUT2D eigenvalue weighted by molar-refractivity contribution is 0.349.